The molecule has 0 saturated carbocycles. The summed E-state index contributed by atoms with van der Waals surface area (Å²) in [6.45, 7) is 1.68. The molecule has 4 rings (SSSR count). The van der Waals surface area contributed by atoms with Gasteiger partial charge in [0.2, 0.25) is 0 Å². The van der Waals surface area contributed by atoms with E-state index >= 15 is 0 Å². The lowest BCUT2D eigenvalue weighted by atomic mass is 10.0. The van der Waals surface area contributed by atoms with Crippen molar-refractivity contribution in [2.45, 2.75) is 19.2 Å². The van der Waals surface area contributed by atoms with Crippen LogP contribution < -0.4 is 9.47 Å². The third-order valence-corrected chi connectivity index (χ3v) is 5.46. The van der Waals surface area contributed by atoms with Crippen LogP contribution in [-0.2, 0) is 13.1 Å². The minimum atomic E-state index is -0.745. The molecule has 6 nitrogen and oxygen atoms in total. The van der Waals surface area contributed by atoms with Crippen LogP contribution in [0.25, 0.3) is 10.8 Å². The predicted octanol–water partition coefficient (Wildman–Crippen LogP) is 4.70. The Morgan fingerprint density at radius 3 is 2.64 bits per heavy atom. The van der Waals surface area contributed by atoms with Gasteiger partial charge in [-0.15, -0.1) is 0 Å². The molecule has 6 heteroatoms. The number of furan rings is 1. The van der Waals surface area contributed by atoms with Gasteiger partial charge in [-0.05, 0) is 46.7 Å². The minimum Gasteiger partial charge on any atom is -0.493 e. The van der Waals surface area contributed by atoms with Crippen molar-refractivity contribution in [2.75, 3.05) is 20.3 Å². The Labute approximate surface area is 193 Å². The first-order chi connectivity index (χ1) is 16.2. The lowest BCUT2D eigenvalue weighted by Crippen LogP contribution is -2.35. The average Bonchev–Trinajstić information content (AvgIpc) is 3.36. The van der Waals surface area contributed by atoms with E-state index in [9.17, 15) is 9.90 Å². The summed E-state index contributed by atoms with van der Waals surface area (Å²) in [6.07, 6.45) is 1.66. The van der Waals surface area contributed by atoms with Gasteiger partial charge in [-0.3, -0.25) is 9.69 Å². The van der Waals surface area contributed by atoms with Crippen LogP contribution >= 0.6 is 0 Å². The SMILES string of the molecule is COc1cc(C=O)ccc1OCC(O)CN(Cc1ccco1)Cc1cccc2ccccc12. The summed E-state index contributed by atoms with van der Waals surface area (Å²) in [5.41, 5.74) is 1.68. The average molecular weight is 446 g/mol. The maximum absolute atomic E-state index is 11.0. The summed E-state index contributed by atoms with van der Waals surface area (Å²) in [7, 11) is 1.52. The molecule has 0 bridgehead atoms. The Bertz CT molecular complexity index is 1180. The number of aliphatic hydroxyl groups is 1. The number of benzene rings is 3. The van der Waals surface area contributed by atoms with Crippen molar-refractivity contribution in [1.29, 1.82) is 0 Å². The normalized spacial score (nSPS) is 12.1. The number of nitrogens with zero attached hydrogens (tertiary/aromatic N) is 1. The summed E-state index contributed by atoms with van der Waals surface area (Å²) >= 11 is 0. The number of aliphatic hydroxyl groups excluding tert-OH is 1. The van der Waals surface area contributed by atoms with Crippen molar-refractivity contribution >= 4 is 17.1 Å². The van der Waals surface area contributed by atoms with Crippen LogP contribution in [0, 0.1) is 0 Å². The standard InChI is InChI=1S/C27H27NO5/c1-31-27-14-20(18-29)11-12-26(27)33-19-23(30)16-28(17-24-9-5-13-32-24)15-22-8-4-7-21-6-2-3-10-25(21)22/h2-14,18,23,30H,15-17,19H2,1H3. The first kappa shape index (κ1) is 22.6. The van der Waals surface area contributed by atoms with Gasteiger partial charge in [-0.2, -0.15) is 0 Å². The van der Waals surface area contributed by atoms with Crippen LogP contribution in [0.2, 0.25) is 0 Å². The first-order valence-electron chi connectivity index (χ1n) is 10.8. The third-order valence-electron chi connectivity index (χ3n) is 5.46. The summed E-state index contributed by atoms with van der Waals surface area (Å²) < 4.78 is 16.7. The molecule has 4 aromatic rings. The van der Waals surface area contributed by atoms with Crippen LogP contribution in [0.1, 0.15) is 21.7 Å². The molecule has 3 aromatic carbocycles. The van der Waals surface area contributed by atoms with Gasteiger partial charge in [0.1, 0.15) is 24.8 Å². The molecular formula is C27H27NO5. The Morgan fingerprint density at radius 2 is 1.85 bits per heavy atom. The molecule has 33 heavy (non-hydrogen) atoms. The molecule has 1 unspecified atom stereocenters. The second-order valence-corrected chi connectivity index (χ2v) is 7.88. The van der Waals surface area contributed by atoms with Gasteiger partial charge in [-0.1, -0.05) is 42.5 Å². The Morgan fingerprint density at radius 1 is 1.00 bits per heavy atom. The van der Waals surface area contributed by atoms with Crippen molar-refractivity contribution in [3.8, 4) is 11.5 Å². The molecule has 0 aliphatic rings. The van der Waals surface area contributed by atoms with Crippen LogP contribution in [0.4, 0.5) is 0 Å². The lowest BCUT2D eigenvalue weighted by Gasteiger charge is -2.25. The molecule has 1 atom stereocenters. The largest absolute Gasteiger partial charge is 0.493 e. The van der Waals surface area contributed by atoms with E-state index in [2.05, 4.69) is 35.2 Å². The van der Waals surface area contributed by atoms with Crippen LogP contribution in [0.3, 0.4) is 0 Å². The summed E-state index contributed by atoms with van der Waals surface area (Å²) in [4.78, 5) is 13.1. The zero-order valence-corrected chi connectivity index (χ0v) is 18.5. The fourth-order valence-electron chi connectivity index (χ4n) is 3.89. The molecule has 0 spiro atoms. The molecule has 0 aliphatic heterocycles. The molecule has 0 amide bonds. The second-order valence-electron chi connectivity index (χ2n) is 7.88. The zero-order valence-electron chi connectivity index (χ0n) is 18.5. The molecule has 0 aliphatic carbocycles. The van der Waals surface area contributed by atoms with Gasteiger partial charge in [0.25, 0.3) is 0 Å². The Balaban J connectivity index is 1.46. The highest BCUT2D eigenvalue weighted by Crippen LogP contribution is 2.28. The molecule has 1 aromatic heterocycles. The van der Waals surface area contributed by atoms with Crippen molar-refractivity contribution in [3.05, 3.63) is 95.9 Å². The van der Waals surface area contributed by atoms with Crippen LogP contribution in [-0.4, -0.2) is 42.7 Å². The highest BCUT2D eigenvalue weighted by Gasteiger charge is 2.17. The van der Waals surface area contributed by atoms with Crippen molar-refractivity contribution in [1.82, 2.24) is 4.90 Å². The number of rotatable bonds is 11. The molecule has 170 valence electrons. The number of hydrogen-bond donors (Lipinski definition) is 1. The molecular weight excluding hydrogens is 418 g/mol. The van der Waals surface area contributed by atoms with E-state index in [0.29, 0.717) is 36.7 Å². The van der Waals surface area contributed by atoms with E-state index < -0.39 is 6.10 Å². The first-order valence-corrected chi connectivity index (χ1v) is 10.8. The van der Waals surface area contributed by atoms with Gasteiger partial charge in [0, 0.05) is 18.7 Å². The van der Waals surface area contributed by atoms with Crippen LogP contribution in [0.5, 0.6) is 11.5 Å². The number of methoxy groups -OCH3 is 1. The van der Waals surface area contributed by atoms with E-state index in [1.54, 1.807) is 24.5 Å². The summed E-state index contributed by atoms with van der Waals surface area (Å²) in [6, 6.07) is 23.3. The molecule has 0 fully saturated rings. The monoisotopic (exact) mass is 445 g/mol. The zero-order chi connectivity index (χ0) is 23.0. The minimum absolute atomic E-state index is 0.0843. The smallest absolute Gasteiger partial charge is 0.161 e. The van der Waals surface area contributed by atoms with Crippen molar-refractivity contribution in [2.24, 2.45) is 0 Å². The molecule has 1 heterocycles. The fourth-order valence-corrected chi connectivity index (χ4v) is 3.89. The number of ether oxygens (including phenoxy) is 2. The van der Waals surface area contributed by atoms with Gasteiger partial charge >= 0.3 is 0 Å². The molecule has 0 radical (unpaired) electrons. The molecule has 1 N–H and O–H groups in total. The fraction of sp³-hybridized carbons (Fsp3) is 0.222. The highest BCUT2D eigenvalue weighted by molar-refractivity contribution is 5.85. The number of carbonyl (C=O) groups is 1. The maximum Gasteiger partial charge on any atom is 0.161 e. The van der Waals surface area contributed by atoms with Crippen molar-refractivity contribution < 1.29 is 23.8 Å². The van der Waals surface area contributed by atoms with E-state index in [4.69, 9.17) is 13.9 Å². The predicted molar refractivity (Wildman–Crippen MR) is 127 cm³/mol. The number of fused-ring (bicyclic) bond motifs is 1. The van der Waals surface area contributed by atoms with Gasteiger partial charge in [0.05, 0.1) is 19.9 Å². The van der Waals surface area contributed by atoms with Crippen LogP contribution in [0.15, 0.2) is 83.5 Å². The second kappa shape index (κ2) is 10.8. The maximum atomic E-state index is 11.0. The lowest BCUT2D eigenvalue weighted by molar-refractivity contribution is 0.0597. The van der Waals surface area contributed by atoms with Crippen molar-refractivity contribution in [3.63, 3.8) is 0 Å². The summed E-state index contributed by atoms with van der Waals surface area (Å²) in [5.74, 6) is 1.76. The summed E-state index contributed by atoms with van der Waals surface area (Å²) in [5, 5.41) is 13.1. The van der Waals surface area contributed by atoms with Gasteiger partial charge in [0.15, 0.2) is 11.5 Å². The topological polar surface area (TPSA) is 72.1 Å². The quantitative estimate of drug-likeness (QED) is 0.338. The van der Waals surface area contributed by atoms with Gasteiger partial charge < -0.3 is 19.0 Å². The number of aldehydes is 1. The Kier molecular flexibility index (Phi) is 7.40. The van der Waals surface area contributed by atoms with Gasteiger partial charge in [-0.25, -0.2) is 0 Å². The van der Waals surface area contributed by atoms with E-state index in [1.165, 1.54) is 23.4 Å². The molecule has 0 saturated heterocycles. The number of carbonyl (C=O) groups excluding carboxylic acids is 1. The number of hydrogen-bond acceptors (Lipinski definition) is 6. The van der Waals surface area contributed by atoms with E-state index in [0.717, 1.165) is 12.0 Å². The van der Waals surface area contributed by atoms with E-state index in [1.807, 2.05) is 24.3 Å². The van der Waals surface area contributed by atoms with E-state index in [-0.39, 0.29) is 6.61 Å². The Hall–Kier alpha value is -3.61. The highest BCUT2D eigenvalue weighted by atomic mass is 16.5. The third kappa shape index (κ3) is 5.80.